The van der Waals surface area contributed by atoms with Crippen molar-refractivity contribution in [2.24, 2.45) is 0 Å². The maximum atomic E-state index is 12.8. The van der Waals surface area contributed by atoms with Gasteiger partial charge in [0.1, 0.15) is 11.5 Å². The van der Waals surface area contributed by atoms with Gasteiger partial charge in [-0.3, -0.25) is 4.98 Å². The van der Waals surface area contributed by atoms with E-state index in [0.29, 0.717) is 23.9 Å². The second-order valence-corrected chi connectivity index (χ2v) is 3.89. The minimum absolute atomic E-state index is 0.269. The number of aromatic nitrogens is 4. The van der Waals surface area contributed by atoms with Crippen molar-refractivity contribution in [3.05, 3.63) is 60.1 Å². The molecule has 0 aliphatic carbocycles. The summed E-state index contributed by atoms with van der Waals surface area (Å²) in [7, 11) is 0. The zero-order chi connectivity index (χ0) is 13.1. The fourth-order valence-corrected chi connectivity index (χ4v) is 1.61. The average molecular weight is 256 g/mol. The van der Waals surface area contributed by atoms with Gasteiger partial charge in [0.25, 0.3) is 5.89 Å². The van der Waals surface area contributed by atoms with Crippen LogP contribution in [0.2, 0.25) is 0 Å². The van der Waals surface area contributed by atoms with Crippen molar-refractivity contribution in [2.45, 2.75) is 6.42 Å². The van der Waals surface area contributed by atoms with Crippen LogP contribution >= 0.6 is 0 Å². The summed E-state index contributed by atoms with van der Waals surface area (Å²) >= 11 is 0. The largest absolute Gasteiger partial charge is 0.419 e. The van der Waals surface area contributed by atoms with Crippen molar-refractivity contribution < 1.29 is 8.81 Å². The molecule has 94 valence electrons. The molecule has 19 heavy (non-hydrogen) atoms. The Labute approximate surface area is 108 Å². The molecule has 0 aliphatic heterocycles. The Morgan fingerprint density at radius 1 is 1.05 bits per heavy atom. The number of rotatable bonds is 3. The van der Waals surface area contributed by atoms with Gasteiger partial charge in [0.05, 0.1) is 12.6 Å². The lowest BCUT2D eigenvalue weighted by Gasteiger charge is -1.96. The summed E-state index contributed by atoms with van der Waals surface area (Å²) in [6.45, 7) is 0. The normalized spacial score (nSPS) is 10.6. The topological polar surface area (TPSA) is 64.7 Å². The third-order valence-corrected chi connectivity index (χ3v) is 2.52. The third-order valence-electron chi connectivity index (χ3n) is 2.52. The molecule has 3 rings (SSSR count). The van der Waals surface area contributed by atoms with Crippen molar-refractivity contribution in [3.63, 3.8) is 0 Å². The summed E-state index contributed by atoms with van der Waals surface area (Å²) in [6, 6.07) is 6.16. The van der Waals surface area contributed by atoms with Gasteiger partial charge in [0, 0.05) is 12.4 Å². The van der Waals surface area contributed by atoms with Gasteiger partial charge in [-0.2, -0.15) is 0 Å². The van der Waals surface area contributed by atoms with Gasteiger partial charge in [-0.25, -0.2) is 9.37 Å². The van der Waals surface area contributed by atoms with E-state index < -0.39 is 0 Å². The van der Waals surface area contributed by atoms with E-state index in [9.17, 15) is 4.39 Å². The molecule has 0 radical (unpaired) electrons. The molecule has 0 atom stereocenters. The van der Waals surface area contributed by atoms with Crippen LogP contribution in [0, 0.1) is 5.82 Å². The Morgan fingerprint density at radius 3 is 2.63 bits per heavy atom. The van der Waals surface area contributed by atoms with Crippen LogP contribution in [0.3, 0.4) is 0 Å². The number of hydrogen-bond acceptors (Lipinski definition) is 5. The quantitative estimate of drug-likeness (QED) is 0.719. The first kappa shape index (κ1) is 11.5. The standard InChI is InChI=1S/C13H9FN4O/c14-10-3-1-9(2-4-10)7-12-17-18-13(19-12)11-8-15-5-6-16-11/h1-6,8H,7H2. The predicted octanol–water partition coefficient (Wildman–Crippen LogP) is 2.26. The average Bonchev–Trinajstić information content (AvgIpc) is 2.91. The molecule has 0 spiro atoms. The number of halogens is 1. The number of benzene rings is 1. The van der Waals surface area contributed by atoms with Gasteiger partial charge in [0.2, 0.25) is 5.89 Å². The molecule has 0 aliphatic rings. The molecule has 0 unspecified atom stereocenters. The van der Waals surface area contributed by atoms with Gasteiger partial charge in [-0.05, 0) is 17.7 Å². The van der Waals surface area contributed by atoms with E-state index in [1.54, 1.807) is 30.7 Å². The fourth-order valence-electron chi connectivity index (χ4n) is 1.61. The number of hydrogen-bond donors (Lipinski definition) is 0. The van der Waals surface area contributed by atoms with Crippen molar-refractivity contribution >= 4 is 0 Å². The molecule has 5 nitrogen and oxygen atoms in total. The van der Waals surface area contributed by atoms with E-state index in [2.05, 4.69) is 20.2 Å². The molecule has 0 fully saturated rings. The van der Waals surface area contributed by atoms with Crippen molar-refractivity contribution in [2.75, 3.05) is 0 Å². The first-order chi connectivity index (χ1) is 9.31. The van der Waals surface area contributed by atoms with Crippen LogP contribution in [0.5, 0.6) is 0 Å². The molecule has 0 amide bonds. The van der Waals surface area contributed by atoms with Crippen LogP contribution in [0.1, 0.15) is 11.5 Å². The maximum Gasteiger partial charge on any atom is 0.267 e. The van der Waals surface area contributed by atoms with Crippen molar-refractivity contribution in [1.29, 1.82) is 0 Å². The van der Waals surface area contributed by atoms with Crippen LogP contribution in [0.15, 0.2) is 47.3 Å². The van der Waals surface area contributed by atoms with Crippen molar-refractivity contribution in [1.82, 2.24) is 20.2 Å². The number of nitrogens with zero attached hydrogens (tertiary/aromatic N) is 4. The lowest BCUT2D eigenvalue weighted by atomic mass is 10.1. The highest BCUT2D eigenvalue weighted by atomic mass is 19.1. The van der Waals surface area contributed by atoms with Gasteiger partial charge in [-0.1, -0.05) is 12.1 Å². The molecular formula is C13H9FN4O. The Morgan fingerprint density at radius 2 is 1.89 bits per heavy atom. The van der Waals surface area contributed by atoms with E-state index in [4.69, 9.17) is 4.42 Å². The minimum Gasteiger partial charge on any atom is -0.419 e. The highest BCUT2D eigenvalue weighted by Gasteiger charge is 2.10. The summed E-state index contributed by atoms with van der Waals surface area (Å²) in [5.41, 5.74) is 1.43. The summed E-state index contributed by atoms with van der Waals surface area (Å²) in [5, 5.41) is 7.84. The molecule has 0 N–H and O–H groups in total. The highest BCUT2D eigenvalue weighted by molar-refractivity contribution is 5.43. The Hall–Kier alpha value is -2.63. The summed E-state index contributed by atoms with van der Waals surface area (Å²) in [4.78, 5) is 8.00. The van der Waals surface area contributed by atoms with E-state index in [1.807, 2.05) is 0 Å². The minimum atomic E-state index is -0.269. The van der Waals surface area contributed by atoms with E-state index in [0.717, 1.165) is 5.56 Å². The fraction of sp³-hybridized carbons (Fsp3) is 0.0769. The second kappa shape index (κ2) is 4.93. The first-order valence-electron chi connectivity index (χ1n) is 5.64. The molecule has 0 bridgehead atoms. The molecule has 1 aromatic carbocycles. The van der Waals surface area contributed by atoms with Crippen LogP contribution in [0.4, 0.5) is 4.39 Å². The Balaban J connectivity index is 1.80. The lowest BCUT2D eigenvalue weighted by Crippen LogP contribution is -1.88. The molecular weight excluding hydrogens is 247 g/mol. The molecule has 0 saturated carbocycles. The molecule has 2 heterocycles. The molecule has 3 aromatic rings. The molecule has 6 heteroatoms. The Kier molecular flexibility index (Phi) is 2.97. The van der Waals surface area contributed by atoms with E-state index in [-0.39, 0.29) is 5.82 Å². The maximum absolute atomic E-state index is 12.8. The zero-order valence-electron chi connectivity index (χ0n) is 9.82. The van der Waals surface area contributed by atoms with Gasteiger partial charge >= 0.3 is 0 Å². The van der Waals surface area contributed by atoms with Gasteiger partial charge in [0.15, 0.2) is 0 Å². The molecule has 2 aromatic heterocycles. The smallest absolute Gasteiger partial charge is 0.267 e. The van der Waals surface area contributed by atoms with Crippen LogP contribution < -0.4 is 0 Å². The van der Waals surface area contributed by atoms with E-state index in [1.165, 1.54) is 12.1 Å². The van der Waals surface area contributed by atoms with Gasteiger partial charge < -0.3 is 4.42 Å². The monoisotopic (exact) mass is 256 g/mol. The van der Waals surface area contributed by atoms with Crippen LogP contribution in [0.25, 0.3) is 11.6 Å². The van der Waals surface area contributed by atoms with E-state index >= 15 is 0 Å². The predicted molar refractivity (Wildman–Crippen MR) is 64.5 cm³/mol. The zero-order valence-corrected chi connectivity index (χ0v) is 9.82. The van der Waals surface area contributed by atoms with Crippen LogP contribution in [-0.2, 0) is 6.42 Å². The molecule has 0 saturated heterocycles. The summed E-state index contributed by atoms with van der Waals surface area (Å²) in [5.74, 6) is 0.506. The SMILES string of the molecule is Fc1ccc(Cc2nnc(-c3cnccn3)o2)cc1. The summed E-state index contributed by atoms with van der Waals surface area (Å²) < 4.78 is 18.3. The lowest BCUT2D eigenvalue weighted by molar-refractivity contribution is 0.516. The second-order valence-electron chi connectivity index (χ2n) is 3.89. The third kappa shape index (κ3) is 2.62. The van der Waals surface area contributed by atoms with Gasteiger partial charge in [-0.15, -0.1) is 10.2 Å². The Bertz CT molecular complexity index is 667. The van der Waals surface area contributed by atoms with Crippen LogP contribution in [-0.4, -0.2) is 20.2 Å². The summed E-state index contributed by atoms with van der Waals surface area (Å²) in [6.07, 6.45) is 5.13. The highest BCUT2D eigenvalue weighted by Crippen LogP contribution is 2.15. The first-order valence-corrected chi connectivity index (χ1v) is 5.64. The van der Waals surface area contributed by atoms with Crippen molar-refractivity contribution in [3.8, 4) is 11.6 Å².